The summed E-state index contributed by atoms with van der Waals surface area (Å²) >= 11 is 0. The standard InChI is InChI=1S/C11H20.C5H11NO2/c1-2-3-4-10-7-9-5-6-11(10)8-9;1-5(2,3)8-4(6)7/h9-11H,2-8H2,1H3;1-3H3,(H2,6,7). The fourth-order valence-electron chi connectivity index (χ4n) is 3.50. The molecule has 2 saturated carbocycles. The largest absolute Gasteiger partial charge is 0.444 e. The number of hydrogen-bond acceptors (Lipinski definition) is 2. The number of carbonyl (C=O) groups excluding carboxylic acids is 1. The minimum atomic E-state index is -0.725. The van der Waals surface area contributed by atoms with Crippen LogP contribution in [0.5, 0.6) is 0 Å². The Morgan fingerprint density at radius 1 is 1.26 bits per heavy atom. The predicted octanol–water partition coefficient (Wildman–Crippen LogP) is 4.49. The van der Waals surface area contributed by atoms with Crippen molar-refractivity contribution < 1.29 is 9.53 Å². The number of primary amides is 1. The van der Waals surface area contributed by atoms with E-state index in [1.807, 2.05) is 0 Å². The van der Waals surface area contributed by atoms with E-state index in [0.717, 1.165) is 17.8 Å². The molecule has 1 amide bonds. The molecule has 3 unspecified atom stereocenters. The zero-order chi connectivity index (χ0) is 14.5. The maximum Gasteiger partial charge on any atom is 0.405 e. The fraction of sp³-hybridized carbons (Fsp3) is 0.938. The van der Waals surface area contributed by atoms with E-state index in [1.54, 1.807) is 46.5 Å². The summed E-state index contributed by atoms with van der Waals surface area (Å²) in [5, 5.41) is 0. The third-order valence-corrected chi connectivity index (χ3v) is 4.22. The molecule has 2 aliphatic carbocycles. The van der Waals surface area contributed by atoms with Gasteiger partial charge in [-0.2, -0.15) is 0 Å². The van der Waals surface area contributed by atoms with Crippen LogP contribution in [0, 0.1) is 17.8 Å². The average Bonchev–Trinajstić information content (AvgIpc) is 2.85. The number of amides is 1. The maximum atomic E-state index is 10.0. The van der Waals surface area contributed by atoms with Crippen LogP contribution in [0.3, 0.4) is 0 Å². The summed E-state index contributed by atoms with van der Waals surface area (Å²) in [6.07, 6.45) is 10.0. The molecule has 3 heteroatoms. The highest BCUT2D eigenvalue weighted by atomic mass is 16.6. The Labute approximate surface area is 118 Å². The van der Waals surface area contributed by atoms with Crippen LogP contribution < -0.4 is 5.73 Å². The van der Waals surface area contributed by atoms with Gasteiger partial charge in [-0.05, 0) is 57.8 Å². The van der Waals surface area contributed by atoms with Crippen LogP contribution >= 0.6 is 0 Å². The number of nitrogens with two attached hydrogens (primary N) is 1. The molecule has 0 heterocycles. The highest BCUT2D eigenvalue weighted by Crippen LogP contribution is 2.49. The molecule has 0 radical (unpaired) electrons. The maximum absolute atomic E-state index is 10.0. The van der Waals surface area contributed by atoms with Crippen molar-refractivity contribution in [1.29, 1.82) is 0 Å². The number of ether oxygens (including phenoxy) is 1. The van der Waals surface area contributed by atoms with Crippen molar-refractivity contribution in [2.75, 3.05) is 0 Å². The molecule has 0 spiro atoms. The van der Waals surface area contributed by atoms with Crippen molar-refractivity contribution in [3.8, 4) is 0 Å². The van der Waals surface area contributed by atoms with Gasteiger partial charge in [0.2, 0.25) is 0 Å². The third kappa shape index (κ3) is 6.31. The number of fused-ring (bicyclic) bond motifs is 2. The Morgan fingerprint density at radius 2 is 1.95 bits per heavy atom. The lowest BCUT2D eigenvalue weighted by Crippen LogP contribution is -2.27. The van der Waals surface area contributed by atoms with Crippen LogP contribution in [0.25, 0.3) is 0 Å². The summed E-state index contributed by atoms with van der Waals surface area (Å²) in [7, 11) is 0. The van der Waals surface area contributed by atoms with Crippen molar-refractivity contribution in [3.05, 3.63) is 0 Å². The van der Waals surface area contributed by atoms with Crippen LogP contribution in [0.1, 0.15) is 72.6 Å². The van der Waals surface area contributed by atoms with E-state index in [2.05, 4.69) is 11.7 Å². The fourth-order valence-corrected chi connectivity index (χ4v) is 3.50. The van der Waals surface area contributed by atoms with E-state index in [0.29, 0.717) is 0 Å². The summed E-state index contributed by atoms with van der Waals surface area (Å²) in [6, 6.07) is 0. The second-order valence-electron chi connectivity index (χ2n) is 7.11. The minimum absolute atomic E-state index is 0.453. The zero-order valence-electron chi connectivity index (χ0n) is 13.1. The minimum Gasteiger partial charge on any atom is -0.444 e. The lowest BCUT2D eigenvalue weighted by Gasteiger charge is -2.20. The molecule has 3 nitrogen and oxygen atoms in total. The van der Waals surface area contributed by atoms with Gasteiger partial charge in [0, 0.05) is 0 Å². The van der Waals surface area contributed by atoms with Crippen molar-refractivity contribution in [2.24, 2.45) is 23.5 Å². The monoisotopic (exact) mass is 269 g/mol. The second kappa shape index (κ2) is 7.16. The smallest absolute Gasteiger partial charge is 0.405 e. The lowest BCUT2D eigenvalue weighted by molar-refractivity contribution is 0.0600. The number of rotatable bonds is 3. The molecule has 0 aromatic heterocycles. The van der Waals surface area contributed by atoms with Gasteiger partial charge in [0.1, 0.15) is 5.60 Å². The molecule has 2 fully saturated rings. The Bertz CT molecular complexity index is 283. The molecule has 2 N–H and O–H groups in total. The molecular formula is C16H31NO2. The van der Waals surface area contributed by atoms with Gasteiger partial charge in [-0.1, -0.05) is 32.6 Å². The van der Waals surface area contributed by atoms with Crippen LogP contribution in [-0.2, 0) is 4.74 Å². The first kappa shape index (κ1) is 16.3. The summed E-state index contributed by atoms with van der Waals surface area (Å²) in [5.74, 6) is 3.46. The van der Waals surface area contributed by atoms with E-state index in [4.69, 9.17) is 5.73 Å². The van der Waals surface area contributed by atoms with Crippen molar-refractivity contribution >= 4 is 6.09 Å². The van der Waals surface area contributed by atoms with Crippen LogP contribution in [0.2, 0.25) is 0 Å². The Kier molecular flexibility index (Phi) is 6.15. The second-order valence-corrected chi connectivity index (χ2v) is 7.11. The Morgan fingerprint density at radius 3 is 2.26 bits per heavy atom. The van der Waals surface area contributed by atoms with Gasteiger partial charge in [0.05, 0.1) is 0 Å². The summed E-state index contributed by atoms with van der Waals surface area (Å²) in [5.41, 5.74) is 4.26. The highest BCUT2D eigenvalue weighted by Gasteiger charge is 2.38. The molecule has 0 aromatic carbocycles. The average molecular weight is 269 g/mol. The first-order valence-corrected chi connectivity index (χ1v) is 7.80. The lowest BCUT2D eigenvalue weighted by atomic mass is 9.85. The molecule has 112 valence electrons. The SMILES string of the molecule is CC(C)(C)OC(N)=O.CCCCC1CC2CCC1C2. The van der Waals surface area contributed by atoms with E-state index in [1.165, 1.54) is 19.3 Å². The van der Waals surface area contributed by atoms with Crippen LogP contribution in [-0.4, -0.2) is 11.7 Å². The Hall–Kier alpha value is -0.730. The van der Waals surface area contributed by atoms with Crippen LogP contribution in [0.15, 0.2) is 0 Å². The first-order valence-electron chi connectivity index (χ1n) is 7.80. The number of hydrogen-bond donors (Lipinski definition) is 1. The van der Waals surface area contributed by atoms with Gasteiger partial charge in [-0.3, -0.25) is 0 Å². The molecular weight excluding hydrogens is 238 g/mol. The molecule has 19 heavy (non-hydrogen) atoms. The highest BCUT2D eigenvalue weighted by molar-refractivity contribution is 5.65. The van der Waals surface area contributed by atoms with Gasteiger partial charge < -0.3 is 10.5 Å². The molecule has 0 aliphatic heterocycles. The molecule has 3 atom stereocenters. The predicted molar refractivity (Wildman–Crippen MR) is 78.9 cm³/mol. The van der Waals surface area contributed by atoms with E-state index >= 15 is 0 Å². The topological polar surface area (TPSA) is 52.3 Å². The van der Waals surface area contributed by atoms with E-state index < -0.39 is 11.7 Å². The van der Waals surface area contributed by atoms with Gasteiger partial charge in [-0.15, -0.1) is 0 Å². The number of carbonyl (C=O) groups is 1. The van der Waals surface area contributed by atoms with Gasteiger partial charge in [0.25, 0.3) is 0 Å². The summed E-state index contributed by atoms with van der Waals surface area (Å²) in [4.78, 5) is 10.0. The molecule has 2 rings (SSSR count). The third-order valence-electron chi connectivity index (χ3n) is 4.22. The summed E-state index contributed by atoms with van der Waals surface area (Å²) in [6.45, 7) is 7.60. The van der Waals surface area contributed by atoms with E-state index in [9.17, 15) is 4.79 Å². The number of unbranched alkanes of at least 4 members (excludes halogenated alkanes) is 1. The first-order chi connectivity index (χ1) is 8.81. The van der Waals surface area contributed by atoms with Crippen molar-refractivity contribution in [3.63, 3.8) is 0 Å². The van der Waals surface area contributed by atoms with Crippen molar-refractivity contribution in [2.45, 2.75) is 78.2 Å². The zero-order valence-corrected chi connectivity index (χ0v) is 13.1. The molecule has 0 aromatic rings. The van der Waals surface area contributed by atoms with Gasteiger partial charge >= 0.3 is 6.09 Å². The quantitative estimate of drug-likeness (QED) is 0.820. The molecule has 2 bridgehead atoms. The Balaban J connectivity index is 0.000000203. The van der Waals surface area contributed by atoms with Gasteiger partial charge in [0.15, 0.2) is 0 Å². The molecule has 2 aliphatic rings. The van der Waals surface area contributed by atoms with Gasteiger partial charge in [-0.25, -0.2) is 4.79 Å². The normalized spacial score (nSPS) is 28.7. The molecule has 0 saturated heterocycles. The summed E-state index contributed by atoms with van der Waals surface area (Å²) < 4.78 is 4.58. The van der Waals surface area contributed by atoms with Crippen LogP contribution in [0.4, 0.5) is 4.79 Å². The van der Waals surface area contributed by atoms with E-state index in [-0.39, 0.29) is 0 Å². The van der Waals surface area contributed by atoms with Crippen molar-refractivity contribution in [1.82, 2.24) is 0 Å².